The van der Waals surface area contributed by atoms with Crippen LogP contribution in [0.15, 0.2) is 72.8 Å². The van der Waals surface area contributed by atoms with Crippen molar-refractivity contribution >= 4 is 63.5 Å². The number of hydrogen-bond acceptors (Lipinski definition) is 11. The number of aryl methyl sites for hydroxylation is 4. The lowest BCUT2D eigenvalue weighted by Crippen LogP contribution is -2.53. The minimum Gasteiger partial charge on any atom is -0.453 e. The van der Waals surface area contributed by atoms with Crippen LogP contribution in [0.1, 0.15) is 123 Å². The van der Waals surface area contributed by atoms with E-state index in [1.165, 1.54) is 54.0 Å². The van der Waals surface area contributed by atoms with Crippen molar-refractivity contribution in [3.05, 3.63) is 107 Å². The average Bonchev–Trinajstić information content (AvgIpc) is 4.26. The van der Waals surface area contributed by atoms with Gasteiger partial charge < -0.3 is 39.7 Å². The number of carbonyl (C=O) groups is 3. The summed E-state index contributed by atoms with van der Waals surface area (Å²) in [7, 11) is 2.78. The van der Waals surface area contributed by atoms with Gasteiger partial charge in [-0.3, -0.25) is 14.9 Å². The molecule has 4 bridgehead atoms. The molecule has 2 saturated carbocycles. The predicted molar refractivity (Wildman–Crippen MR) is 303 cm³/mol. The molecule has 76 heavy (non-hydrogen) atoms. The van der Waals surface area contributed by atoms with Gasteiger partial charge in [0, 0.05) is 19.2 Å². The number of likely N-dealkylation sites (tertiary alicyclic amines) is 2. The van der Waals surface area contributed by atoms with Crippen LogP contribution in [0.4, 0.5) is 4.79 Å². The highest BCUT2D eigenvalue weighted by molar-refractivity contribution is 7.98. The first kappa shape index (κ1) is 52.7. The van der Waals surface area contributed by atoms with Gasteiger partial charge in [0.15, 0.2) is 0 Å². The number of benzene rings is 4. The van der Waals surface area contributed by atoms with Gasteiger partial charge in [-0.15, -0.1) is 0 Å². The number of imidazole rings is 2. The molecule has 9 unspecified atom stereocenters. The standard InChI is InChI=1S/C60H74N8O6S2/c1-73-59(71)65-47(25-27-75-3)57(69)67-51-11-7-5-9-41(51)33-53(67)55-61-45-23-21-39(31-49(45)63-55)43-29-38-20-18-36-15-13-35(14-16-36)17-19-37(43)30-44(38)40-22-24-46-50(32-40)64-56(62-46)54-34-42-10-6-8-12-52(42)68(54)58(70)48(26-28-76-4)66-60(72)74-2/h13-16,21-24,29-32,41-42,47-48,51-54,59,65,71H,5-12,17-20,25-28,33-34H2,1-4H3,(H,61,63)(H,62,64)(H,66,72). The van der Waals surface area contributed by atoms with Crippen molar-refractivity contribution in [2.75, 3.05) is 38.2 Å². The van der Waals surface area contributed by atoms with E-state index >= 15 is 0 Å². The van der Waals surface area contributed by atoms with E-state index in [9.17, 15) is 19.5 Å². The van der Waals surface area contributed by atoms with Crippen molar-refractivity contribution in [3.63, 3.8) is 0 Å². The number of aromatic nitrogens is 4. The van der Waals surface area contributed by atoms with Gasteiger partial charge in [-0.1, -0.05) is 74.2 Å². The average molecular weight is 1070 g/mol. The summed E-state index contributed by atoms with van der Waals surface area (Å²) in [6, 6.07) is 25.7. The molecule has 9 atom stereocenters. The Morgan fingerprint density at radius 1 is 0.658 bits per heavy atom. The third-order valence-corrected chi connectivity index (χ3v) is 18.8. The van der Waals surface area contributed by atoms with Gasteiger partial charge in [-0.25, -0.2) is 14.8 Å². The number of rotatable bonds is 16. The molecule has 0 radical (unpaired) electrons. The molecular formula is C60H74N8O6S2. The van der Waals surface area contributed by atoms with E-state index in [2.05, 4.69) is 103 Å². The molecule has 3 amide bonds. The lowest BCUT2D eigenvalue weighted by atomic mass is 9.84. The molecule has 6 aromatic rings. The largest absolute Gasteiger partial charge is 0.453 e. The Morgan fingerprint density at radius 2 is 1.13 bits per heavy atom. The molecule has 8 aliphatic rings. The maximum atomic E-state index is 14.7. The van der Waals surface area contributed by atoms with Crippen molar-refractivity contribution in [1.82, 2.24) is 40.4 Å². The molecule has 2 aliphatic heterocycles. The smallest absolute Gasteiger partial charge is 0.407 e. The van der Waals surface area contributed by atoms with Crippen LogP contribution < -0.4 is 10.6 Å². The van der Waals surface area contributed by atoms with Crippen molar-refractivity contribution in [1.29, 1.82) is 0 Å². The Balaban J connectivity index is 0.931. The van der Waals surface area contributed by atoms with Crippen molar-refractivity contribution in [2.45, 2.75) is 145 Å². The molecule has 4 aromatic carbocycles. The number of alkyl carbamates (subject to hydrolysis) is 1. The number of H-pyrrole nitrogens is 2. The summed E-state index contributed by atoms with van der Waals surface area (Å²) in [6.07, 6.45) is 17.2. The van der Waals surface area contributed by atoms with Gasteiger partial charge in [-0.2, -0.15) is 23.5 Å². The van der Waals surface area contributed by atoms with Crippen LogP contribution in [0.25, 0.3) is 44.3 Å². The molecule has 14 nitrogen and oxygen atoms in total. The Morgan fingerprint density at radius 3 is 1.61 bits per heavy atom. The molecule has 402 valence electrons. The van der Waals surface area contributed by atoms with Gasteiger partial charge >= 0.3 is 6.09 Å². The SMILES string of the molecule is COC(=O)NC(CCSC)C(=O)N1C(c2nc3ccc(-c4cc5c(-c6ccc7nc(C8CC9CCCCC9N8C(=O)C(CCSC)NC(O)OC)[nH]c7c6)cc4CCc4ccc(cc4)CC5)cc3[nH]2)CC2CCCCC21. The lowest BCUT2D eigenvalue weighted by Gasteiger charge is -2.36. The topological polar surface area (TPSA) is 178 Å². The number of amides is 3. The number of ether oxygens (including phenoxy) is 2. The Labute approximate surface area is 455 Å². The summed E-state index contributed by atoms with van der Waals surface area (Å²) >= 11 is 3.35. The number of fused-ring (bicyclic) bond motifs is 4. The molecule has 2 aromatic heterocycles. The fraction of sp³-hybridized carbons (Fsp3) is 0.517. The first-order chi connectivity index (χ1) is 37.1. The summed E-state index contributed by atoms with van der Waals surface area (Å²) in [6.45, 7) is 0. The maximum Gasteiger partial charge on any atom is 0.407 e. The zero-order chi connectivity index (χ0) is 52.5. The van der Waals surface area contributed by atoms with Crippen LogP contribution in [-0.4, -0.2) is 122 Å². The molecular weight excluding hydrogens is 993 g/mol. The van der Waals surface area contributed by atoms with E-state index in [-0.39, 0.29) is 36.0 Å². The molecule has 2 saturated heterocycles. The number of methoxy groups -OCH3 is 2. The minimum atomic E-state index is -1.23. The summed E-state index contributed by atoms with van der Waals surface area (Å²) in [4.78, 5) is 64.0. The molecule has 5 N–H and O–H groups in total. The van der Waals surface area contributed by atoms with Gasteiger partial charge in [0.25, 0.3) is 0 Å². The van der Waals surface area contributed by atoms with E-state index in [0.717, 1.165) is 140 Å². The molecule has 16 heteroatoms. The second kappa shape index (κ2) is 23.3. The van der Waals surface area contributed by atoms with Gasteiger partial charge in [0.05, 0.1) is 47.3 Å². The van der Waals surface area contributed by atoms with Crippen molar-refractivity contribution < 1.29 is 29.0 Å². The number of aromatic amines is 2. The van der Waals surface area contributed by atoms with Gasteiger partial charge in [0.2, 0.25) is 18.2 Å². The molecule has 4 heterocycles. The number of nitrogens with one attached hydrogen (secondary N) is 4. The Kier molecular flexibility index (Phi) is 16.1. The number of thioether (sulfide) groups is 2. The molecule has 14 rings (SSSR count). The van der Waals surface area contributed by atoms with E-state index < -0.39 is 24.6 Å². The fourth-order valence-corrected chi connectivity index (χ4v) is 14.6. The fourth-order valence-electron chi connectivity index (χ4n) is 13.6. The van der Waals surface area contributed by atoms with E-state index in [1.54, 1.807) is 23.5 Å². The first-order valence-electron chi connectivity index (χ1n) is 27.8. The third-order valence-electron chi connectivity index (χ3n) is 17.5. The second-order valence-electron chi connectivity index (χ2n) is 22.0. The maximum absolute atomic E-state index is 14.7. The highest BCUT2D eigenvalue weighted by Gasteiger charge is 2.49. The predicted octanol–water partition coefficient (Wildman–Crippen LogP) is 10.4. The quantitative estimate of drug-likeness (QED) is 0.0583. The van der Waals surface area contributed by atoms with E-state index in [4.69, 9.17) is 19.4 Å². The zero-order valence-corrected chi connectivity index (χ0v) is 46.1. The van der Waals surface area contributed by atoms with Crippen LogP contribution in [0, 0.1) is 11.8 Å². The van der Waals surface area contributed by atoms with Crippen LogP contribution in [-0.2, 0) is 44.7 Å². The first-order valence-corrected chi connectivity index (χ1v) is 30.6. The third kappa shape index (κ3) is 10.8. The van der Waals surface area contributed by atoms with E-state index in [0.29, 0.717) is 24.7 Å². The molecule has 6 aliphatic carbocycles. The normalized spacial score (nSPS) is 23.5. The van der Waals surface area contributed by atoms with Crippen LogP contribution >= 0.6 is 23.5 Å². The summed E-state index contributed by atoms with van der Waals surface area (Å²) in [5.41, 5.74) is 13.5. The highest BCUT2D eigenvalue weighted by atomic mass is 32.2. The number of aliphatic hydroxyl groups excluding tert-OH is 1. The summed E-state index contributed by atoms with van der Waals surface area (Å²) < 4.78 is 10.2. The van der Waals surface area contributed by atoms with Crippen molar-refractivity contribution in [2.24, 2.45) is 11.8 Å². The molecule has 0 spiro atoms. The lowest BCUT2D eigenvalue weighted by molar-refractivity contribution is -0.145. The zero-order valence-electron chi connectivity index (χ0n) is 44.4. The molecule has 4 fully saturated rings. The second-order valence-corrected chi connectivity index (χ2v) is 23.9. The van der Waals surface area contributed by atoms with E-state index in [1.807, 2.05) is 12.5 Å². The minimum absolute atomic E-state index is 0.00383. The number of carbonyl (C=O) groups excluding carboxylic acids is 3. The van der Waals surface area contributed by atoms with Crippen LogP contribution in [0.3, 0.4) is 0 Å². The number of aliphatic hydroxyl groups is 1. The van der Waals surface area contributed by atoms with Crippen LogP contribution in [0.5, 0.6) is 0 Å². The van der Waals surface area contributed by atoms with Crippen LogP contribution in [0.2, 0.25) is 0 Å². The number of nitrogens with zero attached hydrogens (tertiary/aromatic N) is 4. The summed E-state index contributed by atoms with van der Waals surface area (Å²) in [5.74, 6) is 3.88. The summed E-state index contributed by atoms with van der Waals surface area (Å²) in [5, 5.41) is 16.4. The number of hydrogen-bond donors (Lipinski definition) is 5. The Hall–Kier alpha value is -5.39. The van der Waals surface area contributed by atoms with Gasteiger partial charge in [0.1, 0.15) is 17.7 Å². The monoisotopic (exact) mass is 1070 g/mol. The van der Waals surface area contributed by atoms with Gasteiger partial charge in [-0.05, 0) is 182 Å². The highest BCUT2D eigenvalue weighted by Crippen LogP contribution is 2.48. The Bertz CT molecular complexity index is 3050. The van der Waals surface area contributed by atoms with Crippen molar-refractivity contribution in [3.8, 4) is 22.3 Å².